The van der Waals surface area contributed by atoms with Gasteiger partial charge in [0, 0.05) is 0 Å². The van der Waals surface area contributed by atoms with E-state index in [1.54, 1.807) is 6.61 Å². The third-order valence-corrected chi connectivity index (χ3v) is 0.366. The smallest absolute Gasteiger partial charge is 0.273 e. The lowest BCUT2D eigenvalue weighted by Gasteiger charge is -1.72. The SMILES string of the molecule is [C]1=NC[CH]O1. The van der Waals surface area contributed by atoms with Gasteiger partial charge in [-0.25, -0.2) is 4.99 Å². The maximum Gasteiger partial charge on any atom is 0.273 e. The Morgan fingerprint density at radius 2 is 3.00 bits per heavy atom. The third kappa shape index (κ3) is 0.375. The van der Waals surface area contributed by atoms with Gasteiger partial charge in [-0.15, -0.1) is 0 Å². The molecular formula is C3H3NO. The lowest BCUT2D eigenvalue weighted by atomic mass is 10.8. The number of hydrogen-bond acceptors (Lipinski definition) is 2. The molecule has 0 saturated carbocycles. The van der Waals surface area contributed by atoms with Crippen molar-refractivity contribution in [1.82, 2.24) is 0 Å². The molecule has 0 N–H and O–H groups in total. The standard InChI is InChI=1S/C3H3NO/c1-2-5-3-4-1/h2H,1H2. The zero-order valence-electron chi connectivity index (χ0n) is 2.64. The summed E-state index contributed by atoms with van der Waals surface area (Å²) < 4.78 is 4.40. The molecule has 1 heterocycles. The van der Waals surface area contributed by atoms with E-state index in [1.165, 1.54) is 0 Å². The molecule has 26 valence electrons. The molecule has 0 saturated heterocycles. The highest BCUT2D eigenvalue weighted by Gasteiger charge is 1.88. The minimum absolute atomic E-state index is 0.667. The molecule has 0 aliphatic carbocycles. The minimum Gasteiger partial charge on any atom is -0.465 e. The van der Waals surface area contributed by atoms with Gasteiger partial charge in [0.1, 0.15) is 0 Å². The zero-order valence-corrected chi connectivity index (χ0v) is 2.64. The Kier molecular flexibility index (Phi) is 0.571. The molecular weight excluding hydrogens is 66.0 g/mol. The van der Waals surface area contributed by atoms with Gasteiger partial charge in [-0.2, -0.15) is 0 Å². The van der Waals surface area contributed by atoms with Crippen LogP contribution in [0.1, 0.15) is 0 Å². The molecule has 0 fully saturated rings. The molecule has 0 unspecified atom stereocenters. The molecule has 0 aromatic rings. The predicted molar refractivity (Wildman–Crippen MR) is 17.7 cm³/mol. The molecule has 2 nitrogen and oxygen atoms in total. The number of nitrogens with zero attached hydrogens (tertiary/aromatic N) is 1. The summed E-state index contributed by atoms with van der Waals surface area (Å²) in [5.74, 6) is 0. The normalized spacial score (nSPS) is 19.2. The van der Waals surface area contributed by atoms with Crippen molar-refractivity contribution in [2.75, 3.05) is 6.54 Å². The fourth-order valence-corrected chi connectivity index (χ4v) is 0.186. The van der Waals surface area contributed by atoms with Crippen molar-refractivity contribution in [3.8, 4) is 0 Å². The highest BCUT2D eigenvalue weighted by molar-refractivity contribution is 5.49. The summed E-state index contributed by atoms with van der Waals surface area (Å²) in [5, 5.41) is 0. The van der Waals surface area contributed by atoms with Crippen LogP contribution in [-0.4, -0.2) is 12.9 Å². The van der Waals surface area contributed by atoms with E-state index >= 15 is 0 Å². The first kappa shape index (κ1) is 2.69. The molecule has 2 heteroatoms. The van der Waals surface area contributed by atoms with Crippen LogP contribution in [0.5, 0.6) is 0 Å². The van der Waals surface area contributed by atoms with E-state index in [0.29, 0.717) is 6.54 Å². The summed E-state index contributed by atoms with van der Waals surface area (Å²) in [6.45, 7) is 2.25. The molecule has 0 aromatic carbocycles. The van der Waals surface area contributed by atoms with Crippen LogP contribution in [0.4, 0.5) is 0 Å². The highest BCUT2D eigenvalue weighted by Crippen LogP contribution is 1.85. The van der Waals surface area contributed by atoms with Crippen LogP contribution in [0.25, 0.3) is 0 Å². The fourth-order valence-electron chi connectivity index (χ4n) is 0.186. The monoisotopic (exact) mass is 69.0 g/mol. The largest absolute Gasteiger partial charge is 0.465 e. The number of hydrogen-bond donors (Lipinski definition) is 0. The van der Waals surface area contributed by atoms with Crippen LogP contribution in [0.2, 0.25) is 0 Å². The van der Waals surface area contributed by atoms with Gasteiger partial charge in [0.25, 0.3) is 6.40 Å². The summed E-state index contributed by atoms with van der Waals surface area (Å²) in [5.41, 5.74) is 0. The van der Waals surface area contributed by atoms with Gasteiger partial charge in [0.2, 0.25) is 0 Å². The topological polar surface area (TPSA) is 21.6 Å². The Balaban J connectivity index is 2.32. The maximum atomic E-state index is 4.40. The first-order valence-electron chi connectivity index (χ1n) is 1.39. The molecule has 0 spiro atoms. The molecule has 2 radical (unpaired) electrons. The van der Waals surface area contributed by atoms with Crippen LogP contribution in [0.3, 0.4) is 0 Å². The average Bonchev–Trinajstić information content (AvgIpc) is 1.76. The van der Waals surface area contributed by atoms with Crippen molar-refractivity contribution in [1.29, 1.82) is 0 Å². The van der Waals surface area contributed by atoms with Crippen molar-refractivity contribution in [2.45, 2.75) is 0 Å². The zero-order chi connectivity index (χ0) is 3.54. The van der Waals surface area contributed by atoms with Gasteiger partial charge in [0.15, 0.2) is 6.61 Å². The van der Waals surface area contributed by atoms with Crippen LogP contribution < -0.4 is 0 Å². The Hall–Kier alpha value is -0.530. The third-order valence-electron chi connectivity index (χ3n) is 0.366. The number of rotatable bonds is 0. The van der Waals surface area contributed by atoms with Crippen LogP contribution in [0.15, 0.2) is 4.99 Å². The van der Waals surface area contributed by atoms with E-state index in [2.05, 4.69) is 16.1 Å². The van der Waals surface area contributed by atoms with Gasteiger partial charge in [-0.3, -0.25) is 0 Å². The molecule has 0 atom stereocenters. The van der Waals surface area contributed by atoms with Gasteiger partial charge in [-0.1, -0.05) is 0 Å². The Bertz CT molecular complexity index is 44.9. The van der Waals surface area contributed by atoms with Crippen molar-refractivity contribution in [3.63, 3.8) is 0 Å². The van der Waals surface area contributed by atoms with E-state index in [9.17, 15) is 0 Å². The van der Waals surface area contributed by atoms with Gasteiger partial charge < -0.3 is 4.74 Å². The Morgan fingerprint density at radius 1 is 2.00 bits per heavy atom. The second-order valence-corrected chi connectivity index (χ2v) is 0.716. The molecule has 1 aliphatic heterocycles. The van der Waals surface area contributed by atoms with E-state index in [1.807, 2.05) is 0 Å². The summed E-state index contributed by atoms with van der Waals surface area (Å²) in [4.78, 5) is 3.56. The van der Waals surface area contributed by atoms with Crippen molar-refractivity contribution in [3.05, 3.63) is 6.61 Å². The quantitative estimate of drug-likeness (QED) is 0.395. The number of aliphatic imine (C=N–C) groups is 1. The van der Waals surface area contributed by atoms with Crippen molar-refractivity contribution < 1.29 is 4.74 Å². The lowest BCUT2D eigenvalue weighted by Crippen LogP contribution is -1.70. The lowest BCUT2D eigenvalue weighted by molar-refractivity contribution is 0.443. The molecule has 1 aliphatic rings. The number of ether oxygens (including phenoxy) is 1. The highest BCUT2D eigenvalue weighted by atomic mass is 16.5. The first-order valence-corrected chi connectivity index (χ1v) is 1.39. The average molecular weight is 69.1 g/mol. The second-order valence-electron chi connectivity index (χ2n) is 0.716. The van der Waals surface area contributed by atoms with E-state index < -0.39 is 0 Å². The van der Waals surface area contributed by atoms with Crippen LogP contribution in [0, 0.1) is 6.61 Å². The van der Waals surface area contributed by atoms with E-state index in [-0.39, 0.29) is 0 Å². The van der Waals surface area contributed by atoms with Crippen molar-refractivity contribution in [2.24, 2.45) is 4.99 Å². The van der Waals surface area contributed by atoms with Crippen molar-refractivity contribution >= 4 is 6.40 Å². The van der Waals surface area contributed by atoms with Crippen LogP contribution >= 0.6 is 0 Å². The van der Waals surface area contributed by atoms with Gasteiger partial charge >= 0.3 is 0 Å². The summed E-state index contributed by atoms with van der Waals surface area (Å²) in [6.07, 6.45) is 2.29. The van der Waals surface area contributed by atoms with Crippen LogP contribution in [-0.2, 0) is 4.74 Å². The van der Waals surface area contributed by atoms with E-state index in [0.717, 1.165) is 0 Å². The summed E-state index contributed by atoms with van der Waals surface area (Å²) in [7, 11) is 0. The van der Waals surface area contributed by atoms with Gasteiger partial charge in [-0.05, 0) is 0 Å². The molecule has 5 heavy (non-hydrogen) atoms. The molecule has 0 amide bonds. The predicted octanol–water partition coefficient (Wildman–Crippen LogP) is 0.0837. The second kappa shape index (κ2) is 1.06. The Morgan fingerprint density at radius 3 is 3.20 bits per heavy atom. The molecule has 0 aromatic heterocycles. The molecule has 0 bridgehead atoms. The maximum absolute atomic E-state index is 4.40. The Labute approximate surface area is 30.5 Å². The first-order chi connectivity index (χ1) is 2.50. The van der Waals surface area contributed by atoms with E-state index in [4.69, 9.17) is 0 Å². The molecule has 1 rings (SSSR count). The van der Waals surface area contributed by atoms with Gasteiger partial charge in [0.05, 0.1) is 6.54 Å². The minimum atomic E-state index is 0.667. The fraction of sp³-hybridized carbons (Fsp3) is 0.333. The summed E-state index contributed by atoms with van der Waals surface area (Å²) >= 11 is 0. The summed E-state index contributed by atoms with van der Waals surface area (Å²) in [6, 6.07) is 0.